The number of para-hydroxylation sites is 1. The van der Waals surface area contributed by atoms with Gasteiger partial charge in [-0.2, -0.15) is 0 Å². The van der Waals surface area contributed by atoms with E-state index in [9.17, 15) is 19.7 Å². The summed E-state index contributed by atoms with van der Waals surface area (Å²) in [5.74, 6) is -0.160. The van der Waals surface area contributed by atoms with Gasteiger partial charge in [0, 0.05) is 30.1 Å². The summed E-state index contributed by atoms with van der Waals surface area (Å²) in [5.41, 5.74) is 1.69. The van der Waals surface area contributed by atoms with Gasteiger partial charge in [0.25, 0.3) is 11.6 Å². The van der Waals surface area contributed by atoms with Crippen molar-refractivity contribution in [1.29, 1.82) is 0 Å². The summed E-state index contributed by atoms with van der Waals surface area (Å²) < 4.78 is 10.8. The molecule has 4 aromatic rings. The number of amides is 1. The van der Waals surface area contributed by atoms with Gasteiger partial charge in [0.1, 0.15) is 17.0 Å². The fourth-order valence-electron chi connectivity index (χ4n) is 4.47. The van der Waals surface area contributed by atoms with Crippen LogP contribution in [-0.4, -0.2) is 31.0 Å². The van der Waals surface area contributed by atoms with E-state index in [2.05, 4.69) is 5.32 Å². The summed E-state index contributed by atoms with van der Waals surface area (Å²) in [6.45, 7) is 1.50. The molecule has 1 aromatic heterocycles. The Morgan fingerprint density at radius 1 is 1.06 bits per heavy atom. The van der Waals surface area contributed by atoms with Gasteiger partial charge in [-0.15, -0.1) is 0 Å². The Morgan fingerprint density at radius 3 is 2.58 bits per heavy atom. The van der Waals surface area contributed by atoms with Crippen LogP contribution in [0.1, 0.15) is 23.2 Å². The number of benzene rings is 3. The van der Waals surface area contributed by atoms with Gasteiger partial charge >= 0.3 is 5.63 Å². The third kappa shape index (κ3) is 4.38. The van der Waals surface area contributed by atoms with Gasteiger partial charge in [0.15, 0.2) is 0 Å². The molecule has 0 atom stereocenters. The number of ether oxygens (including phenoxy) is 1. The number of nitro groups is 1. The molecule has 0 saturated carbocycles. The van der Waals surface area contributed by atoms with Gasteiger partial charge in [0.05, 0.1) is 23.3 Å². The van der Waals surface area contributed by atoms with E-state index >= 15 is 0 Å². The molecule has 0 radical (unpaired) electrons. The molecule has 0 bridgehead atoms. The molecule has 1 aliphatic rings. The van der Waals surface area contributed by atoms with E-state index in [4.69, 9.17) is 9.15 Å². The van der Waals surface area contributed by atoms with Crippen molar-refractivity contribution >= 4 is 33.9 Å². The zero-order valence-electron chi connectivity index (χ0n) is 19.5. The number of carbonyl (C=O) groups is 1. The maximum absolute atomic E-state index is 13.1. The second-order valence-electron chi connectivity index (χ2n) is 8.51. The quantitative estimate of drug-likeness (QED) is 0.226. The van der Waals surface area contributed by atoms with Crippen molar-refractivity contribution in [2.45, 2.75) is 12.8 Å². The standard InChI is InChI=1S/C27H23N3O6/c1-35-25-11-9-17(20-14-18-6-2-3-7-24(18)36-27(20)32)15-21(25)28-26(31)19-8-10-22(23(16-19)30(33)34)29-12-4-5-13-29/h2-3,6-11,14-16H,4-5,12-13H2,1H3,(H,28,31). The first kappa shape index (κ1) is 23.1. The van der Waals surface area contributed by atoms with E-state index in [1.807, 2.05) is 17.0 Å². The smallest absolute Gasteiger partial charge is 0.344 e. The molecule has 3 aromatic carbocycles. The lowest BCUT2D eigenvalue weighted by atomic mass is 10.0. The van der Waals surface area contributed by atoms with Crippen molar-refractivity contribution in [3.05, 3.63) is 92.8 Å². The summed E-state index contributed by atoms with van der Waals surface area (Å²) in [4.78, 5) is 38.9. The molecule has 1 amide bonds. The normalized spacial score (nSPS) is 13.1. The summed E-state index contributed by atoms with van der Waals surface area (Å²) in [5, 5.41) is 15.3. The van der Waals surface area contributed by atoms with Gasteiger partial charge in [0.2, 0.25) is 0 Å². The molecule has 1 fully saturated rings. The molecule has 9 nitrogen and oxygen atoms in total. The first-order chi connectivity index (χ1) is 17.4. The van der Waals surface area contributed by atoms with E-state index in [1.165, 1.54) is 13.2 Å². The highest BCUT2D eigenvalue weighted by molar-refractivity contribution is 6.06. The second-order valence-corrected chi connectivity index (χ2v) is 8.51. The van der Waals surface area contributed by atoms with Crippen molar-refractivity contribution in [3.8, 4) is 16.9 Å². The molecule has 5 rings (SSSR count). The van der Waals surface area contributed by atoms with Gasteiger partial charge in [-0.1, -0.05) is 24.3 Å². The van der Waals surface area contributed by atoms with E-state index in [0.29, 0.717) is 33.8 Å². The molecule has 1 N–H and O–H groups in total. The fourth-order valence-corrected chi connectivity index (χ4v) is 4.47. The van der Waals surface area contributed by atoms with Crippen LogP contribution in [0.4, 0.5) is 17.1 Å². The number of anilines is 2. The Hall–Kier alpha value is -4.66. The van der Waals surface area contributed by atoms with Crippen LogP contribution < -0.4 is 20.6 Å². The molecule has 182 valence electrons. The Bertz CT molecular complexity index is 1540. The minimum absolute atomic E-state index is 0.112. The number of nitro benzene ring substituents is 1. The fraction of sp³-hybridized carbons (Fsp3) is 0.185. The first-order valence-corrected chi connectivity index (χ1v) is 11.5. The molecule has 0 aliphatic carbocycles. The van der Waals surface area contributed by atoms with E-state index in [0.717, 1.165) is 31.3 Å². The molecule has 36 heavy (non-hydrogen) atoms. The predicted molar refractivity (Wildman–Crippen MR) is 137 cm³/mol. The zero-order chi connectivity index (χ0) is 25.2. The average molecular weight is 485 g/mol. The Balaban J connectivity index is 1.48. The van der Waals surface area contributed by atoms with Crippen molar-refractivity contribution in [1.82, 2.24) is 0 Å². The topological polar surface area (TPSA) is 115 Å². The highest BCUT2D eigenvalue weighted by Gasteiger charge is 2.24. The van der Waals surface area contributed by atoms with Crippen LogP contribution in [-0.2, 0) is 0 Å². The Labute approximate surface area is 206 Å². The molecule has 9 heteroatoms. The molecule has 1 aliphatic heterocycles. The Kier molecular flexibility index (Phi) is 6.12. The van der Waals surface area contributed by atoms with Crippen LogP contribution in [0, 0.1) is 10.1 Å². The maximum Gasteiger partial charge on any atom is 0.344 e. The highest BCUT2D eigenvalue weighted by Crippen LogP contribution is 2.34. The maximum atomic E-state index is 13.1. The number of hydrogen-bond acceptors (Lipinski definition) is 7. The van der Waals surface area contributed by atoms with Crippen LogP contribution in [0.15, 0.2) is 75.9 Å². The third-order valence-corrected chi connectivity index (χ3v) is 6.28. The number of rotatable bonds is 6. The van der Waals surface area contributed by atoms with Crippen molar-refractivity contribution < 1.29 is 18.9 Å². The van der Waals surface area contributed by atoms with Crippen molar-refractivity contribution in [2.24, 2.45) is 0 Å². The molecule has 0 spiro atoms. The van der Waals surface area contributed by atoms with E-state index < -0.39 is 16.5 Å². The minimum Gasteiger partial charge on any atom is -0.495 e. The van der Waals surface area contributed by atoms with E-state index in [-0.39, 0.29) is 11.3 Å². The average Bonchev–Trinajstić information content (AvgIpc) is 3.43. The third-order valence-electron chi connectivity index (χ3n) is 6.28. The number of fused-ring (bicyclic) bond motifs is 1. The monoisotopic (exact) mass is 485 g/mol. The molecular formula is C27H23N3O6. The number of nitrogens with one attached hydrogen (secondary N) is 1. The second kappa shape index (κ2) is 9.53. The van der Waals surface area contributed by atoms with Crippen LogP contribution in [0.25, 0.3) is 22.1 Å². The van der Waals surface area contributed by atoms with Gasteiger partial charge in [-0.05, 0) is 54.8 Å². The number of nitrogens with zero attached hydrogens (tertiary/aromatic N) is 2. The van der Waals surface area contributed by atoms with Crippen LogP contribution in [0.2, 0.25) is 0 Å². The largest absolute Gasteiger partial charge is 0.495 e. The molecule has 0 unspecified atom stereocenters. The van der Waals surface area contributed by atoms with Crippen LogP contribution >= 0.6 is 0 Å². The Morgan fingerprint density at radius 2 is 1.83 bits per heavy atom. The zero-order valence-corrected chi connectivity index (χ0v) is 19.5. The lowest BCUT2D eigenvalue weighted by Crippen LogP contribution is -2.20. The summed E-state index contributed by atoms with van der Waals surface area (Å²) in [7, 11) is 1.46. The molecule has 1 saturated heterocycles. The van der Waals surface area contributed by atoms with Crippen molar-refractivity contribution in [2.75, 3.05) is 30.4 Å². The number of carbonyl (C=O) groups excluding carboxylic acids is 1. The molecule has 2 heterocycles. The van der Waals surface area contributed by atoms with Gasteiger partial charge in [-0.25, -0.2) is 4.79 Å². The summed E-state index contributed by atoms with van der Waals surface area (Å²) in [6, 6.07) is 18.4. The van der Waals surface area contributed by atoms with Gasteiger partial charge in [-0.3, -0.25) is 14.9 Å². The minimum atomic E-state index is -0.535. The van der Waals surface area contributed by atoms with Crippen LogP contribution in [0.5, 0.6) is 5.75 Å². The highest BCUT2D eigenvalue weighted by atomic mass is 16.6. The lowest BCUT2D eigenvalue weighted by molar-refractivity contribution is -0.384. The summed E-state index contributed by atoms with van der Waals surface area (Å²) >= 11 is 0. The van der Waals surface area contributed by atoms with Crippen molar-refractivity contribution in [3.63, 3.8) is 0 Å². The van der Waals surface area contributed by atoms with Crippen LogP contribution in [0.3, 0.4) is 0 Å². The predicted octanol–water partition coefficient (Wildman–Crippen LogP) is 5.23. The lowest BCUT2D eigenvalue weighted by Gasteiger charge is -2.18. The molecular weight excluding hydrogens is 462 g/mol. The van der Waals surface area contributed by atoms with E-state index in [1.54, 1.807) is 48.5 Å². The number of methoxy groups -OCH3 is 1. The van der Waals surface area contributed by atoms with Gasteiger partial charge < -0.3 is 19.4 Å². The summed E-state index contributed by atoms with van der Waals surface area (Å²) in [6.07, 6.45) is 1.95. The first-order valence-electron chi connectivity index (χ1n) is 11.5. The SMILES string of the molecule is COc1ccc(-c2cc3ccccc3oc2=O)cc1NC(=O)c1ccc(N2CCCC2)c([N+](=O)[O-])c1. The number of hydrogen-bond donors (Lipinski definition) is 1.